The maximum Gasteiger partial charge on any atom is 0.262 e. The molecule has 1 aromatic heterocycles. The molecule has 0 bridgehead atoms. The first-order valence-corrected chi connectivity index (χ1v) is 8.44. The quantitative estimate of drug-likeness (QED) is 0.729. The van der Waals surface area contributed by atoms with Crippen LogP contribution in [0, 0.1) is 0 Å². The first-order chi connectivity index (χ1) is 12.6. The lowest BCUT2D eigenvalue weighted by Gasteiger charge is -2.37. The van der Waals surface area contributed by atoms with Gasteiger partial charge in [0.15, 0.2) is 0 Å². The number of imide groups is 1. The Labute approximate surface area is 154 Å². The van der Waals surface area contributed by atoms with Gasteiger partial charge in [0, 0.05) is 30.6 Å². The molecule has 1 aromatic carbocycles. The molecule has 3 N–H and O–H groups in total. The number of amides is 3. The van der Waals surface area contributed by atoms with Gasteiger partial charge in [-0.2, -0.15) is 0 Å². The summed E-state index contributed by atoms with van der Waals surface area (Å²) in [5.74, 6) is -1.31. The maximum atomic E-state index is 12.6. The fourth-order valence-corrected chi connectivity index (χ4v) is 3.77. The third-order valence-electron chi connectivity index (χ3n) is 5.25. The molecule has 2 aromatic rings. The van der Waals surface area contributed by atoms with Crippen LogP contribution >= 0.6 is 0 Å². The van der Waals surface area contributed by atoms with Gasteiger partial charge in [0.25, 0.3) is 17.4 Å². The molecule has 2 aliphatic heterocycles. The third-order valence-corrected chi connectivity index (χ3v) is 5.25. The zero-order chi connectivity index (χ0) is 19.7. The van der Waals surface area contributed by atoms with Gasteiger partial charge in [-0.3, -0.25) is 29.1 Å². The van der Waals surface area contributed by atoms with Gasteiger partial charge in [-0.05, 0) is 23.8 Å². The molecule has 3 heterocycles. The van der Waals surface area contributed by atoms with Crippen LogP contribution < -0.4 is 21.5 Å². The first-order valence-electron chi connectivity index (χ1n) is 8.44. The normalized spacial score (nSPS) is 17.6. The molecule has 0 fully saturated rings. The number of nitrogens with zero attached hydrogens (tertiary/aromatic N) is 2. The Morgan fingerprint density at radius 3 is 2.48 bits per heavy atom. The number of rotatable bonds is 1. The van der Waals surface area contributed by atoms with Crippen molar-refractivity contribution in [1.82, 2.24) is 9.88 Å². The summed E-state index contributed by atoms with van der Waals surface area (Å²) >= 11 is 0. The highest BCUT2D eigenvalue weighted by Gasteiger charge is 2.36. The molecule has 0 unspecified atom stereocenters. The average molecular weight is 366 g/mol. The summed E-state index contributed by atoms with van der Waals surface area (Å²) in [6, 6.07) is 6.35. The van der Waals surface area contributed by atoms with Crippen molar-refractivity contribution in [3.05, 3.63) is 51.3 Å². The maximum absolute atomic E-state index is 12.6. The van der Waals surface area contributed by atoms with E-state index in [1.54, 1.807) is 30.1 Å². The van der Waals surface area contributed by atoms with Gasteiger partial charge in [0.05, 0.1) is 16.8 Å². The van der Waals surface area contributed by atoms with E-state index in [0.717, 1.165) is 17.3 Å². The number of pyridine rings is 1. The van der Waals surface area contributed by atoms with Gasteiger partial charge < -0.3 is 10.6 Å². The first kappa shape index (κ1) is 17.0. The van der Waals surface area contributed by atoms with Crippen LogP contribution in [0.15, 0.2) is 29.1 Å². The summed E-state index contributed by atoms with van der Waals surface area (Å²) in [5, 5.41) is 2.15. The summed E-state index contributed by atoms with van der Waals surface area (Å²) in [5.41, 5.74) is 7.30. The summed E-state index contributed by atoms with van der Waals surface area (Å²) in [7, 11) is 1.71. The molecule has 138 valence electrons. The Morgan fingerprint density at radius 1 is 1.07 bits per heavy atom. The molecule has 0 saturated carbocycles. The van der Waals surface area contributed by atoms with Crippen molar-refractivity contribution in [3.63, 3.8) is 0 Å². The van der Waals surface area contributed by atoms with Crippen LogP contribution in [0.4, 0.5) is 11.5 Å². The monoisotopic (exact) mass is 366 g/mol. The summed E-state index contributed by atoms with van der Waals surface area (Å²) < 4.78 is 1.21. The number of carbonyl (C=O) groups is 3. The van der Waals surface area contributed by atoms with Gasteiger partial charge in [0.1, 0.15) is 5.82 Å². The lowest BCUT2D eigenvalue weighted by Crippen LogP contribution is -2.39. The number of benzene rings is 1. The van der Waals surface area contributed by atoms with E-state index in [-0.39, 0.29) is 22.9 Å². The van der Waals surface area contributed by atoms with Crippen LogP contribution in [0.2, 0.25) is 0 Å². The van der Waals surface area contributed by atoms with E-state index in [9.17, 15) is 19.2 Å². The number of hydrogen-bond donors (Lipinski definition) is 2. The van der Waals surface area contributed by atoms with Gasteiger partial charge in [-0.1, -0.05) is 13.8 Å². The van der Waals surface area contributed by atoms with Crippen molar-refractivity contribution in [2.45, 2.75) is 25.7 Å². The summed E-state index contributed by atoms with van der Waals surface area (Å²) in [4.78, 5) is 50.3. The fraction of sp³-hybridized carbons (Fsp3) is 0.263. The van der Waals surface area contributed by atoms with Gasteiger partial charge in [-0.15, -0.1) is 0 Å². The second-order valence-corrected chi connectivity index (χ2v) is 7.49. The third kappa shape index (κ3) is 2.29. The summed E-state index contributed by atoms with van der Waals surface area (Å²) in [6.07, 6.45) is 0.339. The molecule has 2 aliphatic rings. The van der Waals surface area contributed by atoms with Crippen LogP contribution in [0.25, 0.3) is 5.69 Å². The molecule has 0 aliphatic carbocycles. The Morgan fingerprint density at radius 2 is 1.78 bits per heavy atom. The number of nitrogen functional groups attached to an aromatic ring is 1. The van der Waals surface area contributed by atoms with E-state index in [1.807, 2.05) is 13.8 Å². The van der Waals surface area contributed by atoms with Crippen molar-refractivity contribution < 1.29 is 14.4 Å². The minimum Gasteiger partial charge on any atom is -0.384 e. The van der Waals surface area contributed by atoms with E-state index in [4.69, 9.17) is 5.73 Å². The minimum absolute atomic E-state index is 0.00359. The predicted octanol–water partition coefficient (Wildman–Crippen LogP) is 0.947. The SMILES string of the molecule is CN1C(=O)CC(C)(C)c2cc(-n3c(N)c4c(cc3=O)C(=O)NC4=O)ccc21. The van der Waals surface area contributed by atoms with Crippen LogP contribution in [-0.2, 0) is 10.2 Å². The van der Waals surface area contributed by atoms with E-state index >= 15 is 0 Å². The lowest BCUT2D eigenvalue weighted by atomic mass is 9.77. The van der Waals surface area contributed by atoms with Crippen molar-refractivity contribution >= 4 is 29.2 Å². The zero-order valence-electron chi connectivity index (χ0n) is 15.1. The molecule has 4 rings (SSSR count). The Kier molecular flexibility index (Phi) is 3.33. The molecule has 8 nitrogen and oxygen atoms in total. The van der Waals surface area contributed by atoms with Crippen LogP contribution in [0.1, 0.15) is 46.5 Å². The second-order valence-electron chi connectivity index (χ2n) is 7.49. The van der Waals surface area contributed by atoms with Crippen molar-refractivity contribution in [3.8, 4) is 5.69 Å². The molecular weight excluding hydrogens is 348 g/mol. The summed E-state index contributed by atoms with van der Waals surface area (Å²) in [6.45, 7) is 3.92. The lowest BCUT2D eigenvalue weighted by molar-refractivity contribution is -0.119. The van der Waals surface area contributed by atoms with Crippen molar-refractivity contribution in [2.75, 3.05) is 17.7 Å². The van der Waals surface area contributed by atoms with Crippen LogP contribution in [0.5, 0.6) is 0 Å². The number of anilines is 2. The van der Waals surface area contributed by atoms with Gasteiger partial charge >= 0.3 is 0 Å². The van der Waals surface area contributed by atoms with E-state index < -0.39 is 22.8 Å². The van der Waals surface area contributed by atoms with E-state index in [0.29, 0.717) is 12.1 Å². The fourth-order valence-electron chi connectivity index (χ4n) is 3.77. The molecule has 0 spiro atoms. The molecule has 0 saturated heterocycles. The standard InChI is InChI=1S/C19H18N4O4/c1-19(2)8-14(25)22(3)12-5-4-9(6-11(12)19)23-13(24)7-10-15(16(23)20)18(27)21-17(10)26/h4-7H,8,20H2,1-3H3,(H,21,26,27). The van der Waals surface area contributed by atoms with Gasteiger partial charge in [0.2, 0.25) is 5.91 Å². The number of hydrogen-bond acceptors (Lipinski definition) is 5. The topological polar surface area (TPSA) is 114 Å². The molecule has 0 radical (unpaired) electrons. The Hall–Kier alpha value is -3.42. The number of nitrogens with one attached hydrogen (secondary N) is 1. The number of aromatic nitrogens is 1. The van der Waals surface area contributed by atoms with Gasteiger partial charge in [-0.25, -0.2) is 0 Å². The Balaban J connectivity index is 1.96. The molecule has 8 heteroatoms. The highest BCUT2D eigenvalue weighted by Crippen LogP contribution is 2.40. The molecule has 0 atom stereocenters. The smallest absolute Gasteiger partial charge is 0.262 e. The Bertz CT molecular complexity index is 1110. The van der Waals surface area contributed by atoms with Crippen molar-refractivity contribution in [2.24, 2.45) is 0 Å². The molecular formula is C19H18N4O4. The number of carbonyl (C=O) groups excluding carboxylic acids is 3. The van der Waals surface area contributed by atoms with Crippen molar-refractivity contribution in [1.29, 1.82) is 0 Å². The highest BCUT2D eigenvalue weighted by atomic mass is 16.2. The second kappa shape index (κ2) is 5.29. The highest BCUT2D eigenvalue weighted by molar-refractivity contribution is 6.23. The number of nitrogens with two attached hydrogens (primary N) is 1. The minimum atomic E-state index is -0.627. The molecule has 3 amide bonds. The molecule has 27 heavy (non-hydrogen) atoms. The van der Waals surface area contributed by atoms with Crippen LogP contribution in [0.3, 0.4) is 0 Å². The van der Waals surface area contributed by atoms with Crippen LogP contribution in [-0.4, -0.2) is 29.3 Å². The number of fused-ring (bicyclic) bond motifs is 2. The van der Waals surface area contributed by atoms with E-state index in [2.05, 4.69) is 5.32 Å². The zero-order valence-corrected chi connectivity index (χ0v) is 15.1. The largest absolute Gasteiger partial charge is 0.384 e. The average Bonchev–Trinajstić information content (AvgIpc) is 2.86. The van der Waals surface area contributed by atoms with E-state index in [1.165, 1.54) is 4.57 Å². The predicted molar refractivity (Wildman–Crippen MR) is 99.3 cm³/mol.